The summed E-state index contributed by atoms with van der Waals surface area (Å²) in [5.41, 5.74) is 3.24. The maximum Gasteiger partial charge on any atom is 0.267 e. The maximum atomic E-state index is 13.2. The maximum absolute atomic E-state index is 13.2. The molecule has 3 aromatic rings. The fourth-order valence-electron chi connectivity index (χ4n) is 3.13. The first-order valence-electron chi connectivity index (χ1n) is 9.71. The molecule has 1 heterocycles. The molecule has 5 heteroatoms. The van der Waals surface area contributed by atoms with Crippen molar-refractivity contribution in [2.75, 3.05) is 6.26 Å². The van der Waals surface area contributed by atoms with Gasteiger partial charge in [-0.3, -0.25) is 14.7 Å². The third-order valence-electron chi connectivity index (χ3n) is 4.72. The van der Waals surface area contributed by atoms with E-state index in [1.165, 1.54) is 16.7 Å². The summed E-state index contributed by atoms with van der Waals surface area (Å²) in [4.78, 5) is 21.7. The quantitative estimate of drug-likeness (QED) is 0.351. The van der Waals surface area contributed by atoms with Gasteiger partial charge in [-0.25, -0.2) is 0 Å². The lowest BCUT2D eigenvalue weighted by atomic mass is 10.2. The van der Waals surface area contributed by atoms with E-state index in [9.17, 15) is 4.79 Å². The van der Waals surface area contributed by atoms with Crippen LogP contribution in [0.4, 0.5) is 0 Å². The lowest BCUT2D eigenvalue weighted by Gasteiger charge is -2.15. The smallest absolute Gasteiger partial charge is 0.267 e. The number of nitrogens with zero attached hydrogens (tertiary/aromatic N) is 2. The minimum Gasteiger partial charge on any atom is -0.282 e. The first-order valence-corrected chi connectivity index (χ1v) is 11.7. The van der Waals surface area contributed by atoms with Crippen LogP contribution in [0.15, 0.2) is 99.7 Å². The van der Waals surface area contributed by atoms with Crippen molar-refractivity contribution in [1.82, 2.24) is 4.90 Å². The average Bonchev–Trinajstić information content (AvgIpc) is 3.08. The predicted octanol–water partition coefficient (Wildman–Crippen LogP) is 6.08. The van der Waals surface area contributed by atoms with Crippen molar-refractivity contribution in [1.29, 1.82) is 0 Å². The highest BCUT2D eigenvalue weighted by atomic mass is 32.2. The summed E-state index contributed by atoms with van der Waals surface area (Å²) >= 11 is 3.16. The molecule has 0 aromatic heterocycles. The van der Waals surface area contributed by atoms with Gasteiger partial charge in [0.15, 0.2) is 5.17 Å². The van der Waals surface area contributed by atoms with E-state index in [1.54, 1.807) is 16.7 Å². The van der Waals surface area contributed by atoms with Crippen molar-refractivity contribution in [3.05, 3.63) is 107 Å². The van der Waals surface area contributed by atoms with E-state index in [2.05, 4.69) is 30.5 Å². The van der Waals surface area contributed by atoms with Gasteiger partial charge < -0.3 is 0 Å². The fourth-order valence-corrected chi connectivity index (χ4v) is 4.51. The van der Waals surface area contributed by atoms with Crippen molar-refractivity contribution in [3.63, 3.8) is 0 Å². The minimum atomic E-state index is 0.00427. The van der Waals surface area contributed by atoms with E-state index in [1.807, 2.05) is 66.7 Å². The lowest BCUT2D eigenvalue weighted by molar-refractivity contribution is -0.122. The standard InChI is InChI=1S/C25H22N2OS2/c1-29-22-14-12-19(13-15-22)16-23-24(28)27(18-21-10-6-3-7-11-21)25(30-23)26-17-20-8-4-2-5-9-20/h2-16H,17-18H2,1H3/b23-16-,26-25?. The molecule has 1 aliphatic heterocycles. The highest BCUT2D eigenvalue weighted by Gasteiger charge is 2.33. The van der Waals surface area contributed by atoms with Gasteiger partial charge in [-0.05, 0) is 52.9 Å². The molecule has 0 aliphatic carbocycles. The second kappa shape index (κ2) is 9.83. The summed E-state index contributed by atoms with van der Waals surface area (Å²) in [6.45, 7) is 1.07. The van der Waals surface area contributed by atoms with E-state index < -0.39 is 0 Å². The zero-order valence-electron chi connectivity index (χ0n) is 16.7. The van der Waals surface area contributed by atoms with Crippen molar-refractivity contribution in [3.8, 4) is 0 Å². The van der Waals surface area contributed by atoms with Gasteiger partial charge in [-0.1, -0.05) is 72.8 Å². The number of carbonyl (C=O) groups excluding carboxylic acids is 1. The molecule has 0 N–H and O–H groups in total. The Balaban J connectivity index is 1.61. The number of aliphatic imine (C=N–C) groups is 1. The molecule has 0 atom stereocenters. The van der Waals surface area contributed by atoms with Crippen LogP contribution in [0.5, 0.6) is 0 Å². The molecule has 1 fully saturated rings. The number of amidine groups is 1. The van der Waals surface area contributed by atoms with Crippen LogP contribution in [-0.2, 0) is 17.9 Å². The molecule has 3 aromatic carbocycles. The second-order valence-corrected chi connectivity index (χ2v) is 8.73. The van der Waals surface area contributed by atoms with Crippen LogP contribution in [0.25, 0.3) is 6.08 Å². The molecular formula is C25H22N2OS2. The number of benzene rings is 3. The molecule has 0 unspecified atom stereocenters. The van der Waals surface area contributed by atoms with Gasteiger partial charge in [0.2, 0.25) is 0 Å². The Morgan fingerprint density at radius 2 is 1.53 bits per heavy atom. The summed E-state index contributed by atoms with van der Waals surface area (Å²) in [7, 11) is 0. The Hall–Kier alpha value is -2.76. The second-order valence-electron chi connectivity index (χ2n) is 6.85. The lowest BCUT2D eigenvalue weighted by Crippen LogP contribution is -2.28. The zero-order chi connectivity index (χ0) is 20.8. The first-order chi connectivity index (χ1) is 14.7. The van der Waals surface area contributed by atoms with Crippen molar-refractivity contribution < 1.29 is 4.79 Å². The van der Waals surface area contributed by atoms with E-state index in [-0.39, 0.29) is 5.91 Å². The number of carbonyl (C=O) groups is 1. The molecule has 1 amide bonds. The third-order valence-corrected chi connectivity index (χ3v) is 6.51. The predicted molar refractivity (Wildman–Crippen MR) is 128 cm³/mol. The summed E-state index contributed by atoms with van der Waals surface area (Å²) in [6.07, 6.45) is 4.01. The normalized spacial score (nSPS) is 16.6. The molecule has 0 radical (unpaired) electrons. The van der Waals surface area contributed by atoms with Crippen LogP contribution >= 0.6 is 23.5 Å². The molecule has 4 rings (SSSR count). The van der Waals surface area contributed by atoms with Crippen LogP contribution in [0.1, 0.15) is 16.7 Å². The molecule has 1 saturated heterocycles. The number of hydrogen-bond acceptors (Lipinski definition) is 4. The van der Waals surface area contributed by atoms with Crippen molar-refractivity contribution >= 4 is 40.7 Å². The van der Waals surface area contributed by atoms with Crippen molar-refractivity contribution in [2.45, 2.75) is 18.0 Å². The van der Waals surface area contributed by atoms with Crippen LogP contribution in [0, 0.1) is 0 Å². The molecule has 150 valence electrons. The monoisotopic (exact) mass is 430 g/mol. The van der Waals surface area contributed by atoms with Gasteiger partial charge in [-0.15, -0.1) is 11.8 Å². The van der Waals surface area contributed by atoms with E-state index >= 15 is 0 Å². The largest absolute Gasteiger partial charge is 0.282 e. The molecule has 0 bridgehead atoms. The molecule has 0 spiro atoms. The fraction of sp³-hybridized carbons (Fsp3) is 0.120. The summed E-state index contributed by atoms with van der Waals surface area (Å²) in [6, 6.07) is 28.4. The van der Waals surface area contributed by atoms with E-state index in [0.717, 1.165) is 21.9 Å². The Morgan fingerprint density at radius 3 is 2.17 bits per heavy atom. The topological polar surface area (TPSA) is 32.7 Å². The molecule has 30 heavy (non-hydrogen) atoms. The van der Waals surface area contributed by atoms with Gasteiger partial charge in [0.1, 0.15) is 0 Å². The van der Waals surface area contributed by atoms with Crippen LogP contribution in [-0.4, -0.2) is 22.2 Å². The van der Waals surface area contributed by atoms with E-state index in [0.29, 0.717) is 18.0 Å². The third kappa shape index (κ3) is 5.04. The van der Waals surface area contributed by atoms with Crippen LogP contribution in [0.2, 0.25) is 0 Å². The Kier molecular flexibility index (Phi) is 6.72. The molecule has 3 nitrogen and oxygen atoms in total. The summed E-state index contributed by atoms with van der Waals surface area (Å²) in [5, 5.41) is 0.750. The van der Waals surface area contributed by atoms with Gasteiger partial charge in [0, 0.05) is 4.90 Å². The van der Waals surface area contributed by atoms with Gasteiger partial charge in [-0.2, -0.15) is 0 Å². The number of rotatable bonds is 6. The Bertz CT molecular complexity index is 1060. The van der Waals surface area contributed by atoms with Gasteiger partial charge >= 0.3 is 0 Å². The number of amides is 1. The summed E-state index contributed by atoms with van der Waals surface area (Å²) < 4.78 is 0. The Morgan fingerprint density at radius 1 is 0.900 bits per heavy atom. The van der Waals surface area contributed by atoms with Crippen molar-refractivity contribution in [2.24, 2.45) is 4.99 Å². The molecular weight excluding hydrogens is 408 g/mol. The van der Waals surface area contributed by atoms with Gasteiger partial charge in [0.25, 0.3) is 5.91 Å². The SMILES string of the molecule is CSc1ccc(/C=C2\SC(=NCc3ccccc3)N(Cc3ccccc3)C2=O)cc1. The van der Waals surface area contributed by atoms with E-state index in [4.69, 9.17) is 4.99 Å². The average molecular weight is 431 g/mol. The zero-order valence-corrected chi connectivity index (χ0v) is 18.3. The first kappa shape index (κ1) is 20.5. The summed E-state index contributed by atoms with van der Waals surface area (Å²) in [5.74, 6) is 0.00427. The van der Waals surface area contributed by atoms with Gasteiger partial charge in [0.05, 0.1) is 18.0 Å². The Labute approximate surface area is 185 Å². The van der Waals surface area contributed by atoms with Crippen LogP contribution in [0.3, 0.4) is 0 Å². The number of thioether (sulfide) groups is 2. The number of hydrogen-bond donors (Lipinski definition) is 0. The molecule has 0 saturated carbocycles. The highest BCUT2D eigenvalue weighted by molar-refractivity contribution is 8.18. The minimum absolute atomic E-state index is 0.00427. The van der Waals surface area contributed by atoms with Crippen LogP contribution < -0.4 is 0 Å². The molecule has 1 aliphatic rings. The highest BCUT2D eigenvalue weighted by Crippen LogP contribution is 2.34.